The average Bonchev–Trinajstić information content (AvgIpc) is 3.15. The van der Waals surface area contributed by atoms with E-state index in [4.69, 9.17) is 11.6 Å². The summed E-state index contributed by atoms with van der Waals surface area (Å²) in [4.78, 5) is 13.7. The van der Waals surface area contributed by atoms with Crippen LogP contribution in [0.2, 0.25) is 5.02 Å². The van der Waals surface area contributed by atoms with E-state index in [9.17, 15) is 9.90 Å². The van der Waals surface area contributed by atoms with Crippen LogP contribution in [0.15, 0.2) is 18.2 Å². The molecule has 4 heteroatoms. The summed E-state index contributed by atoms with van der Waals surface area (Å²) in [6, 6.07) is 5.28. The molecule has 1 unspecified atom stereocenters. The first-order valence-corrected chi connectivity index (χ1v) is 6.56. The molecular weight excluding hydrogens is 250 g/mol. The first-order chi connectivity index (χ1) is 8.49. The van der Waals surface area contributed by atoms with Crippen molar-refractivity contribution in [2.75, 3.05) is 13.6 Å². The van der Waals surface area contributed by atoms with Crippen molar-refractivity contribution in [1.29, 1.82) is 0 Å². The maximum atomic E-state index is 12.1. The number of rotatable bonds is 4. The van der Waals surface area contributed by atoms with Gasteiger partial charge in [-0.25, -0.2) is 0 Å². The van der Waals surface area contributed by atoms with E-state index in [0.29, 0.717) is 23.0 Å². The van der Waals surface area contributed by atoms with Gasteiger partial charge in [-0.2, -0.15) is 0 Å². The van der Waals surface area contributed by atoms with E-state index in [1.54, 1.807) is 24.1 Å². The van der Waals surface area contributed by atoms with Crippen LogP contribution in [0.4, 0.5) is 0 Å². The maximum absolute atomic E-state index is 12.1. The van der Waals surface area contributed by atoms with Gasteiger partial charge in [0.2, 0.25) is 0 Å². The number of nitrogens with zero attached hydrogens (tertiary/aromatic N) is 1. The minimum atomic E-state index is -0.403. The molecule has 0 radical (unpaired) electrons. The van der Waals surface area contributed by atoms with Gasteiger partial charge in [0.1, 0.15) is 0 Å². The number of hydrogen-bond donors (Lipinski definition) is 1. The number of benzene rings is 1. The van der Waals surface area contributed by atoms with Gasteiger partial charge in [0, 0.05) is 24.2 Å². The Morgan fingerprint density at radius 2 is 2.22 bits per heavy atom. The van der Waals surface area contributed by atoms with Crippen molar-refractivity contribution in [3.8, 4) is 0 Å². The Hall–Kier alpha value is -1.06. The van der Waals surface area contributed by atoms with Gasteiger partial charge in [-0.3, -0.25) is 4.79 Å². The highest BCUT2D eigenvalue weighted by Gasteiger charge is 2.31. The van der Waals surface area contributed by atoms with Gasteiger partial charge in [0.05, 0.1) is 6.10 Å². The molecule has 0 bridgehead atoms. The topological polar surface area (TPSA) is 40.5 Å². The van der Waals surface area contributed by atoms with Crippen LogP contribution in [0.5, 0.6) is 0 Å². The summed E-state index contributed by atoms with van der Waals surface area (Å²) in [5.74, 6) is 0.276. The Bertz CT molecular complexity index is 457. The first-order valence-electron chi connectivity index (χ1n) is 6.18. The van der Waals surface area contributed by atoms with E-state index in [1.165, 1.54) is 0 Å². The Balaban J connectivity index is 2.02. The minimum Gasteiger partial charge on any atom is -0.391 e. The molecule has 1 amide bonds. The van der Waals surface area contributed by atoms with Crippen molar-refractivity contribution in [2.24, 2.45) is 5.92 Å². The van der Waals surface area contributed by atoms with E-state index in [-0.39, 0.29) is 5.91 Å². The molecule has 3 nitrogen and oxygen atoms in total. The summed E-state index contributed by atoms with van der Waals surface area (Å²) < 4.78 is 0. The van der Waals surface area contributed by atoms with Crippen molar-refractivity contribution in [2.45, 2.75) is 25.9 Å². The number of aliphatic hydroxyl groups is 1. The molecule has 1 aromatic carbocycles. The fourth-order valence-electron chi connectivity index (χ4n) is 1.94. The summed E-state index contributed by atoms with van der Waals surface area (Å²) in [7, 11) is 1.71. The third kappa shape index (κ3) is 3.03. The first kappa shape index (κ1) is 13.4. The molecule has 1 aliphatic carbocycles. The van der Waals surface area contributed by atoms with Gasteiger partial charge in [0.25, 0.3) is 5.91 Å². The molecule has 1 aliphatic rings. The molecule has 1 saturated carbocycles. The number of carbonyl (C=O) groups excluding carboxylic acids is 1. The predicted octanol–water partition coefficient (Wildman–Crippen LogP) is 2.49. The zero-order valence-electron chi connectivity index (χ0n) is 10.7. The quantitative estimate of drug-likeness (QED) is 0.911. The lowest BCUT2D eigenvalue weighted by Crippen LogP contribution is -2.35. The Kier molecular flexibility index (Phi) is 3.93. The Labute approximate surface area is 112 Å². The lowest BCUT2D eigenvalue weighted by Gasteiger charge is -2.21. The molecule has 0 aromatic heterocycles. The monoisotopic (exact) mass is 267 g/mol. The number of carbonyl (C=O) groups is 1. The van der Waals surface area contributed by atoms with Crippen LogP contribution >= 0.6 is 11.6 Å². The zero-order valence-corrected chi connectivity index (χ0v) is 11.4. The van der Waals surface area contributed by atoms with Crippen molar-refractivity contribution in [3.05, 3.63) is 34.3 Å². The van der Waals surface area contributed by atoms with Crippen LogP contribution < -0.4 is 0 Å². The highest BCUT2D eigenvalue weighted by atomic mass is 35.5. The molecule has 18 heavy (non-hydrogen) atoms. The van der Waals surface area contributed by atoms with E-state index >= 15 is 0 Å². The lowest BCUT2D eigenvalue weighted by atomic mass is 10.1. The SMILES string of the molecule is Cc1ccc(C(=O)N(C)CC(O)C2CC2)cc1Cl. The third-order valence-corrected chi connectivity index (χ3v) is 3.80. The molecule has 0 spiro atoms. The summed E-state index contributed by atoms with van der Waals surface area (Å²) in [5.41, 5.74) is 1.52. The molecule has 98 valence electrons. The second-order valence-corrected chi connectivity index (χ2v) is 5.46. The van der Waals surface area contributed by atoms with Crippen LogP contribution in [0, 0.1) is 12.8 Å². The number of aryl methyl sites for hydroxylation is 1. The van der Waals surface area contributed by atoms with Gasteiger partial charge in [-0.15, -0.1) is 0 Å². The van der Waals surface area contributed by atoms with Gasteiger partial charge in [-0.1, -0.05) is 17.7 Å². The van der Waals surface area contributed by atoms with Crippen LogP contribution in [0.25, 0.3) is 0 Å². The van der Waals surface area contributed by atoms with Crippen LogP contribution in [-0.2, 0) is 0 Å². The van der Waals surface area contributed by atoms with Crippen LogP contribution in [0.3, 0.4) is 0 Å². The van der Waals surface area contributed by atoms with Crippen molar-refractivity contribution >= 4 is 17.5 Å². The fraction of sp³-hybridized carbons (Fsp3) is 0.500. The summed E-state index contributed by atoms with van der Waals surface area (Å²) in [6.45, 7) is 2.28. The van der Waals surface area contributed by atoms with Crippen LogP contribution in [-0.4, -0.2) is 35.6 Å². The standard InChI is InChI=1S/C14H18ClNO2/c1-9-3-4-11(7-12(9)15)14(18)16(2)8-13(17)10-5-6-10/h3-4,7,10,13,17H,5-6,8H2,1-2H3. The van der Waals surface area contributed by atoms with E-state index < -0.39 is 6.10 Å². The molecule has 1 fully saturated rings. The number of amides is 1. The van der Waals surface area contributed by atoms with Crippen molar-refractivity contribution < 1.29 is 9.90 Å². The van der Waals surface area contributed by atoms with E-state index in [1.807, 2.05) is 13.0 Å². The predicted molar refractivity (Wildman–Crippen MR) is 71.9 cm³/mol. The third-order valence-electron chi connectivity index (χ3n) is 3.39. The number of likely N-dealkylation sites (N-methyl/N-ethyl adjacent to an activating group) is 1. The van der Waals surface area contributed by atoms with Gasteiger partial charge in [-0.05, 0) is 43.4 Å². The smallest absolute Gasteiger partial charge is 0.253 e. The van der Waals surface area contributed by atoms with Gasteiger partial charge < -0.3 is 10.0 Å². The molecule has 2 rings (SSSR count). The molecule has 0 aliphatic heterocycles. The van der Waals surface area contributed by atoms with Gasteiger partial charge >= 0.3 is 0 Å². The summed E-state index contributed by atoms with van der Waals surface area (Å²) in [5, 5.41) is 10.4. The number of hydrogen-bond acceptors (Lipinski definition) is 2. The van der Waals surface area contributed by atoms with Gasteiger partial charge in [0.15, 0.2) is 0 Å². The summed E-state index contributed by atoms with van der Waals surface area (Å²) in [6.07, 6.45) is 1.74. The minimum absolute atomic E-state index is 0.100. The number of halogens is 1. The van der Waals surface area contributed by atoms with E-state index in [2.05, 4.69) is 0 Å². The largest absolute Gasteiger partial charge is 0.391 e. The molecule has 1 atom stereocenters. The Morgan fingerprint density at radius 1 is 1.56 bits per heavy atom. The highest BCUT2D eigenvalue weighted by Crippen LogP contribution is 2.32. The summed E-state index contributed by atoms with van der Waals surface area (Å²) >= 11 is 6.01. The number of aliphatic hydroxyl groups excluding tert-OH is 1. The fourth-order valence-corrected chi connectivity index (χ4v) is 2.12. The van der Waals surface area contributed by atoms with Crippen LogP contribution in [0.1, 0.15) is 28.8 Å². The zero-order chi connectivity index (χ0) is 13.3. The van der Waals surface area contributed by atoms with Crippen molar-refractivity contribution in [3.63, 3.8) is 0 Å². The molecule has 0 saturated heterocycles. The molecular formula is C14H18ClNO2. The average molecular weight is 268 g/mol. The molecule has 1 aromatic rings. The lowest BCUT2D eigenvalue weighted by molar-refractivity contribution is 0.0645. The van der Waals surface area contributed by atoms with Crippen molar-refractivity contribution in [1.82, 2.24) is 4.90 Å². The Morgan fingerprint density at radius 3 is 2.78 bits per heavy atom. The maximum Gasteiger partial charge on any atom is 0.253 e. The molecule has 1 N–H and O–H groups in total. The second-order valence-electron chi connectivity index (χ2n) is 5.05. The second kappa shape index (κ2) is 5.29. The van der Waals surface area contributed by atoms with E-state index in [0.717, 1.165) is 18.4 Å². The molecule has 0 heterocycles. The highest BCUT2D eigenvalue weighted by molar-refractivity contribution is 6.31. The normalized spacial score (nSPS) is 16.4.